The van der Waals surface area contributed by atoms with Crippen LogP contribution in [0.1, 0.15) is 32.6 Å². The number of carbonyl (C=O) groups is 2. The first kappa shape index (κ1) is 7.71. The highest BCUT2D eigenvalue weighted by molar-refractivity contribution is 6.06. The fraction of sp³-hybridized carbons (Fsp3) is 0.600. The molecule has 1 saturated carbocycles. The molecule has 2 aliphatic carbocycles. The Morgan fingerprint density at radius 1 is 1.25 bits per heavy atom. The Hall–Kier alpha value is -0.920. The molecule has 64 valence electrons. The normalized spacial score (nSPS) is 34.9. The number of ketones is 2. The van der Waals surface area contributed by atoms with Crippen LogP contribution < -0.4 is 0 Å². The van der Waals surface area contributed by atoms with Crippen LogP contribution in [0.25, 0.3) is 0 Å². The Bertz CT molecular complexity index is 288. The standard InChI is InChI=1S/C10H12O2/c1-10-4-2-7(11)6-8(10)9(12)3-5-10/h6H,2-5H2,1H3. The van der Waals surface area contributed by atoms with Crippen LogP contribution in [0.4, 0.5) is 0 Å². The lowest BCUT2D eigenvalue weighted by Crippen LogP contribution is -2.22. The highest BCUT2D eigenvalue weighted by atomic mass is 16.1. The third-order valence-corrected chi connectivity index (χ3v) is 3.08. The van der Waals surface area contributed by atoms with Crippen LogP contribution in [-0.2, 0) is 9.59 Å². The van der Waals surface area contributed by atoms with Gasteiger partial charge in [0.25, 0.3) is 0 Å². The van der Waals surface area contributed by atoms with Gasteiger partial charge in [0, 0.05) is 18.4 Å². The van der Waals surface area contributed by atoms with E-state index in [4.69, 9.17) is 0 Å². The Labute approximate surface area is 71.6 Å². The van der Waals surface area contributed by atoms with E-state index < -0.39 is 0 Å². The van der Waals surface area contributed by atoms with Gasteiger partial charge in [-0.2, -0.15) is 0 Å². The minimum atomic E-state index is 0.0327. The van der Waals surface area contributed by atoms with Crippen molar-refractivity contribution >= 4 is 11.6 Å². The van der Waals surface area contributed by atoms with Crippen molar-refractivity contribution in [2.24, 2.45) is 5.41 Å². The molecule has 12 heavy (non-hydrogen) atoms. The van der Waals surface area contributed by atoms with Crippen LogP contribution in [0.3, 0.4) is 0 Å². The van der Waals surface area contributed by atoms with E-state index in [9.17, 15) is 9.59 Å². The predicted molar refractivity (Wildman–Crippen MR) is 44.7 cm³/mol. The van der Waals surface area contributed by atoms with Gasteiger partial charge in [0.1, 0.15) is 0 Å². The molecule has 0 heterocycles. The summed E-state index contributed by atoms with van der Waals surface area (Å²) in [4.78, 5) is 22.4. The van der Waals surface area contributed by atoms with E-state index in [1.807, 2.05) is 0 Å². The molecule has 0 aromatic rings. The lowest BCUT2D eigenvalue weighted by atomic mass is 9.76. The number of hydrogen-bond donors (Lipinski definition) is 0. The number of rotatable bonds is 0. The molecule has 2 aliphatic rings. The average molecular weight is 164 g/mol. The van der Waals surface area contributed by atoms with E-state index >= 15 is 0 Å². The quantitative estimate of drug-likeness (QED) is 0.545. The molecule has 2 rings (SSSR count). The number of hydrogen-bond acceptors (Lipinski definition) is 2. The molecule has 1 unspecified atom stereocenters. The molecular formula is C10H12O2. The molecule has 1 fully saturated rings. The molecule has 0 bridgehead atoms. The molecule has 1 atom stereocenters. The van der Waals surface area contributed by atoms with E-state index in [0.29, 0.717) is 12.8 Å². The van der Waals surface area contributed by atoms with Crippen LogP contribution in [0.15, 0.2) is 11.6 Å². The molecule has 0 aliphatic heterocycles. The van der Waals surface area contributed by atoms with Crippen molar-refractivity contribution < 1.29 is 9.59 Å². The van der Waals surface area contributed by atoms with Crippen molar-refractivity contribution in [1.29, 1.82) is 0 Å². The second kappa shape index (κ2) is 2.28. The summed E-state index contributed by atoms with van der Waals surface area (Å²) in [5.41, 5.74) is 0.823. The van der Waals surface area contributed by atoms with Crippen molar-refractivity contribution in [1.82, 2.24) is 0 Å². The number of fused-ring (bicyclic) bond motifs is 1. The molecular weight excluding hydrogens is 152 g/mol. The van der Waals surface area contributed by atoms with Gasteiger partial charge in [0.05, 0.1) is 0 Å². The molecule has 2 heteroatoms. The van der Waals surface area contributed by atoms with E-state index in [0.717, 1.165) is 18.4 Å². The Morgan fingerprint density at radius 3 is 2.67 bits per heavy atom. The van der Waals surface area contributed by atoms with Crippen molar-refractivity contribution in [3.8, 4) is 0 Å². The monoisotopic (exact) mass is 164 g/mol. The fourth-order valence-corrected chi connectivity index (χ4v) is 2.14. The summed E-state index contributed by atoms with van der Waals surface area (Å²) in [6.07, 6.45) is 4.62. The SMILES string of the molecule is CC12CCC(=O)C=C1C(=O)CC2. The molecule has 0 saturated heterocycles. The van der Waals surface area contributed by atoms with E-state index in [1.165, 1.54) is 0 Å². The fourth-order valence-electron chi connectivity index (χ4n) is 2.14. The summed E-state index contributed by atoms with van der Waals surface area (Å²) in [5.74, 6) is 0.309. The van der Waals surface area contributed by atoms with Crippen LogP contribution in [0.2, 0.25) is 0 Å². The van der Waals surface area contributed by atoms with Crippen LogP contribution in [0.5, 0.6) is 0 Å². The summed E-state index contributed by atoms with van der Waals surface area (Å²) < 4.78 is 0. The van der Waals surface area contributed by atoms with Gasteiger partial charge in [-0.3, -0.25) is 9.59 Å². The van der Waals surface area contributed by atoms with E-state index in [1.54, 1.807) is 6.08 Å². The smallest absolute Gasteiger partial charge is 0.159 e. The second-order valence-corrected chi connectivity index (χ2v) is 4.01. The second-order valence-electron chi connectivity index (χ2n) is 4.01. The molecule has 0 aromatic carbocycles. The van der Waals surface area contributed by atoms with Gasteiger partial charge in [0.15, 0.2) is 11.6 Å². The van der Waals surface area contributed by atoms with Gasteiger partial charge in [-0.15, -0.1) is 0 Å². The van der Waals surface area contributed by atoms with Crippen molar-refractivity contribution in [3.05, 3.63) is 11.6 Å². The number of carbonyl (C=O) groups excluding carboxylic acids is 2. The molecule has 2 nitrogen and oxygen atoms in total. The summed E-state index contributed by atoms with van der Waals surface area (Å²) in [5, 5.41) is 0. The third-order valence-electron chi connectivity index (χ3n) is 3.08. The Morgan fingerprint density at radius 2 is 1.92 bits per heavy atom. The first-order chi connectivity index (χ1) is 5.62. The van der Waals surface area contributed by atoms with Crippen LogP contribution in [-0.4, -0.2) is 11.6 Å². The molecule has 0 spiro atoms. The van der Waals surface area contributed by atoms with Crippen molar-refractivity contribution in [3.63, 3.8) is 0 Å². The average Bonchev–Trinajstić information content (AvgIpc) is 2.31. The Balaban J connectivity index is 2.44. The van der Waals surface area contributed by atoms with Gasteiger partial charge < -0.3 is 0 Å². The predicted octanol–water partition coefficient (Wildman–Crippen LogP) is 1.64. The highest BCUT2D eigenvalue weighted by Gasteiger charge is 2.41. The largest absolute Gasteiger partial charge is 0.295 e. The maximum atomic E-state index is 11.3. The maximum Gasteiger partial charge on any atom is 0.159 e. The lowest BCUT2D eigenvalue weighted by molar-refractivity contribution is -0.118. The van der Waals surface area contributed by atoms with Gasteiger partial charge in [0.2, 0.25) is 0 Å². The van der Waals surface area contributed by atoms with Gasteiger partial charge in [-0.05, 0) is 24.3 Å². The summed E-state index contributed by atoms with van der Waals surface area (Å²) >= 11 is 0. The zero-order valence-corrected chi connectivity index (χ0v) is 7.22. The number of allylic oxidation sites excluding steroid dienone is 2. The maximum absolute atomic E-state index is 11.3. The van der Waals surface area contributed by atoms with E-state index in [-0.39, 0.29) is 17.0 Å². The number of Topliss-reactive ketones (excluding diaryl/α,β-unsaturated/α-hetero) is 1. The van der Waals surface area contributed by atoms with Gasteiger partial charge in [-0.1, -0.05) is 6.92 Å². The van der Waals surface area contributed by atoms with Crippen molar-refractivity contribution in [2.75, 3.05) is 0 Å². The van der Waals surface area contributed by atoms with Gasteiger partial charge in [-0.25, -0.2) is 0 Å². The first-order valence-corrected chi connectivity index (χ1v) is 4.40. The van der Waals surface area contributed by atoms with Crippen molar-refractivity contribution in [2.45, 2.75) is 32.6 Å². The third kappa shape index (κ3) is 0.942. The molecule has 0 aromatic heterocycles. The lowest BCUT2D eigenvalue weighted by Gasteiger charge is -2.27. The zero-order valence-electron chi connectivity index (χ0n) is 7.22. The molecule has 0 radical (unpaired) electrons. The Kier molecular flexibility index (Phi) is 1.47. The van der Waals surface area contributed by atoms with E-state index in [2.05, 4.69) is 6.92 Å². The van der Waals surface area contributed by atoms with Gasteiger partial charge >= 0.3 is 0 Å². The minimum absolute atomic E-state index is 0.0327. The highest BCUT2D eigenvalue weighted by Crippen LogP contribution is 2.46. The zero-order chi connectivity index (χ0) is 8.77. The summed E-state index contributed by atoms with van der Waals surface area (Å²) in [7, 11) is 0. The van der Waals surface area contributed by atoms with Crippen LogP contribution >= 0.6 is 0 Å². The van der Waals surface area contributed by atoms with Crippen LogP contribution in [0, 0.1) is 5.41 Å². The first-order valence-electron chi connectivity index (χ1n) is 4.40. The molecule has 0 amide bonds. The topological polar surface area (TPSA) is 34.1 Å². The summed E-state index contributed by atoms with van der Waals surface area (Å²) in [6.45, 7) is 2.09. The summed E-state index contributed by atoms with van der Waals surface area (Å²) in [6, 6.07) is 0. The minimum Gasteiger partial charge on any atom is -0.295 e. The molecule has 0 N–H and O–H groups in total.